The van der Waals surface area contributed by atoms with Gasteiger partial charge in [-0.3, -0.25) is 0 Å². The summed E-state index contributed by atoms with van der Waals surface area (Å²) in [6.45, 7) is 10.4. The van der Waals surface area contributed by atoms with Crippen molar-refractivity contribution in [2.75, 3.05) is 0 Å². The van der Waals surface area contributed by atoms with Crippen LogP contribution >= 0.6 is 29.1 Å². The molecule has 0 atom stereocenters. The second kappa shape index (κ2) is 3.77. The van der Waals surface area contributed by atoms with Crippen molar-refractivity contribution < 1.29 is 11.8 Å². The first kappa shape index (κ1) is 13.0. The Kier molecular flexibility index (Phi) is 3.51. The van der Waals surface area contributed by atoms with Crippen LogP contribution in [0.5, 0.6) is 0 Å². The average molecular weight is 344 g/mol. The van der Waals surface area contributed by atoms with Gasteiger partial charge in [-0.1, -0.05) is 0 Å². The first-order valence-electron chi connectivity index (χ1n) is 4.29. The summed E-state index contributed by atoms with van der Waals surface area (Å²) in [6.07, 6.45) is 0. The van der Waals surface area contributed by atoms with Crippen molar-refractivity contribution in [3.8, 4) is 0 Å². The molecule has 1 aliphatic rings. The van der Waals surface area contributed by atoms with Crippen LogP contribution < -0.4 is 0 Å². The zero-order valence-corrected chi connectivity index (χ0v) is 12.9. The molecule has 0 aromatic carbocycles. The van der Waals surface area contributed by atoms with E-state index in [4.69, 9.17) is 29.1 Å². The van der Waals surface area contributed by atoms with Crippen LogP contribution in [-0.2, 0) is 11.8 Å². The van der Waals surface area contributed by atoms with Gasteiger partial charge in [-0.15, -0.1) is 0 Å². The molecule has 1 aliphatic carbocycles. The molecule has 0 nitrogen and oxygen atoms in total. The molecule has 14 heavy (non-hydrogen) atoms. The Balaban J connectivity index is 3.42. The molecule has 0 aromatic rings. The summed E-state index contributed by atoms with van der Waals surface area (Å²) in [5, 5.41) is 0. The Morgan fingerprint density at radius 2 is 1.14 bits per heavy atom. The standard InChI is InChI=1S/C10H15.3ClH.Rh/c1-6-7(2)9(4)10(5)8(6)3;;;;/h1-5H3;3*1H;/q;;;;+2/p-3. The van der Waals surface area contributed by atoms with Gasteiger partial charge in [-0.25, -0.2) is 0 Å². The van der Waals surface area contributed by atoms with Crippen molar-refractivity contribution in [1.82, 2.24) is 0 Å². The van der Waals surface area contributed by atoms with Crippen LogP contribution in [0.4, 0.5) is 0 Å². The summed E-state index contributed by atoms with van der Waals surface area (Å²) in [5.41, 5.74) is 5.03. The number of hydrogen-bond donors (Lipinski definition) is 0. The van der Waals surface area contributed by atoms with Crippen LogP contribution in [0.1, 0.15) is 34.6 Å². The van der Waals surface area contributed by atoms with E-state index in [1.165, 1.54) is 22.3 Å². The summed E-state index contributed by atoms with van der Waals surface area (Å²) in [7, 11) is 18.7. The normalized spacial score (nSPS) is 23.4. The summed E-state index contributed by atoms with van der Waals surface area (Å²) in [4.78, 5) is 0. The van der Waals surface area contributed by atoms with Gasteiger partial charge >= 0.3 is 102 Å². The second-order valence-corrected chi connectivity index (χ2v) is 16.1. The third-order valence-electron chi connectivity index (χ3n) is 3.44. The molecule has 0 radical (unpaired) electrons. The van der Waals surface area contributed by atoms with E-state index in [0.29, 0.717) is 0 Å². The summed E-state index contributed by atoms with van der Waals surface area (Å²) >= 11 is -2.98. The fraction of sp³-hybridized carbons (Fsp3) is 0.600. The Morgan fingerprint density at radius 3 is 1.29 bits per heavy atom. The first-order chi connectivity index (χ1) is 6.14. The minimum absolute atomic E-state index is 0.293. The molecule has 0 unspecified atom stereocenters. The van der Waals surface area contributed by atoms with E-state index < -0.39 is 11.8 Å². The zero-order chi connectivity index (χ0) is 11.3. The first-order valence-corrected chi connectivity index (χ1v) is 11.4. The Labute approximate surface area is 101 Å². The maximum atomic E-state index is 6.22. The van der Waals surface area contributed by atoms with Gasteiger partial charge < -0.3 is 0 Å². The number of halogens is 3. The van der Waals surface area contributed by atoms with Crippen molar-refractivity contribution in [3.63, 3.8) is 0 Å². The van der Waals surface area contributed by atoms with E-state index >= 15 is 0 Å². The van der Waals surface area contributed by atoms with Gasteiger partial charge in [0.2, 0.25) is 0 Å². The Morgan fingerprint density at radius 1 is 0.857 bits per heavy atom. The minimum atomic E-state index is -2.98. The SMILES string of the molecule is CC1=C(C)[C](C)([Rh-]([Cl])([Cl])[Cl])C(C)=C1C. The predicted molar refractivity (Wildman–Crippen MR) is 62.7 cm³/mol. The molecule has 0 fully saturated rings. The van der Waals surface area contributed by atoms with Gasteiger partial charge in [0, 0.05) is 0 Å². The van der Waals surface area contributed by atoms with Gasteiger partial charge in [0.15, 0.2) is 0 Å². The topological polar surface area (TPSA) is 0 Å². The molecule has 0 bridgehead atoms. The summed E-state index contributed by atoms with van der Waals surface area (Å²) < 4.78 is -0.293. The number of hydrogen-bond acceptors (Lipinski definition) is 0. The van der Waals surface area contributed by atoms with E-state index in [9.17, 15) is 0 Å². The van der Waals surface area contributed by atoms with Crippen molar-refractivity contribution in [2.45, 2.75) is 38.6 Å². The summed E-state index contributed by atoms with van der Waals surface area (Å²) in [5.74, 6) is 0. The van der Waals surface area contributed by atoms with Crippen LogP contribution in [0.15, 0.2) is 22.3 Å². The predicted octanol–water partition coefficient (Wildman–Crippen LogP) is 5.47. The fourth-order valence-corrected chi connectivity index (χ4v) is 7.18. The van der Waals surface area contributed by atoms with Crippen LogP contribution in [0, 0.1) is 0 Å². The molecule has 1 rings (SSSR count). The summed E-state index contributed by atoms with van der Waals surface area (Å²) in [6, 6.07) is 0. The molecule has 0 aliphatic heterocycles. The van der Waals surface area contributed by atoms with E-state index in [-0.39, 0.29) is 4.01 Å². The van der Waals surface area contributed by atoms with Crippen LogP contribution in [-0.4, -0.2) is 0 Å². The van der Waals surface area contributed by atoms with E-state index in [0.717, 1.165) is 0 Å². The molecule has 0 N–H and O–H groups in total. The van der Waals surface area contributed by atoms with Crippen LogP contribution in [0.2, 0.25) is 4.01 Å². The van der Waals surface area contributed by atoms with E-state index in [1.807, 2.05) is 0 Å². The molecular weight excluding hydrogens is 329 g/mol. The van der Waals surface area contributed by atoms with Crippen LogP contribution in [0.3, 0.4) is 0 Å². The van der Waals surface area contributed by atoms with Crippen molar-refractivity contribution in [1.29, 1.82) is 0 Å². The van der Waals surface area contributed by atoms with Crippen molar-refractivity contribution in [3.05, 3.63) is 22.3 Å². The third kappa shape index (κ3) is 1.61. The Hall–Kier alpha value is 0.973. The molecule has 0 spiro atoms. The molecule has 0 heterocycles. The van der Waals surface area contributed by atoms with Gasteiger partial charge in [0.1, 0.15) is 0 Å². The molecule has 86 valence electrons. The van der Waals surface area contributed by atoms with E-state index in [2.05, 4.69) is 34.6 Å². The molecule has 0 saturated carbocycles. The van der Waals surface area contributed by atoms with Crippen molar-refractivity contribution >= 4 is 29.1 Å². The zero-order valence-electron chi connectivity index (χ0n) is 8.97. The fourth-order valence-electron chi connectivity index (χ4n) is 1.81. The molecule has 0 aromatic heterocycles. The number of rotatable bonds is 1. The molecule has 0 saturated heterocycles. The van der Waals surface area contributed by atoms with Gasteiger partial charge in [0.05, 0.1) is 0 Å². The second-order valence-electron chi connectivity index (χ2n) is 3.79. The third-order valence-corrected chi connectivity index (χ3v) is 11.0. The van der Waals surface area contributed by atoms with E-state index in [1.54, 1.807) is 0 Å². The molecule has 0 amide bonds. The quantitative estimate of drug-likeness (QED) is 0.554. The molecular formula is C10H15Cl3Rh-. The van der Waals surface area contributed by atoms with Crippen LogP contribution in [0.25, 0.3) is 0 Å². The number of allylic oxidation sites excluding steroid dienone is 4. The Bertz CT molecular complexity index is 310. The maximum absolute atomic E-state index is 6.22. The van der Waals surface area contributed by atoms with Gasteiger partial charge in [-0.05, 0) is 0 Å². The average Bonchev–Trinajstić information content (AvgIpc) is 2.21. The molecule has 4 heteroatoms. The van der Waals surface area contributed by atoms with Gasteiger partial charge in [-0.2, -0.15) is 0 Å². The van der Waals surface area contributed by atoms with Crippen molar-refractivity contribution in [2.24, 2.45) is 0 Å². The monoisotopic (exact) mass is 343 g/mol. The van der Waals surface area contributed by atoms with Gasteiger partial charge in [0.25, 0.3) is 0 Å².